The van der Waals surface area contributed by atoms with Gasteiger partial charge in [-0.05, 0) is 25.0 Å². The largest absolute Gasteiger partial charge is 0.469 e. The first-order valence-electron chi connectivity index (χ1n) is 6.33. The molecule has 0 spiro atoms. The first-order valence-corrected chi connectivity index (χ1v) is 6.33. The summed E-state index contributed by atoms with van der Waals surface area (Å²) in [7, 11) is 0. The van der Waals surface area contributed by atoms with Gasteiger partial charge in [-0.1, -0.05) is 12.8 Å². The monoisotopic (exact) mass is 236 g/mol. The summed E-state index contributed by atoms with van der Waals surface area (Å²) < 4.78 is 5.21. The molecule has 0 saturated heterocycles. The van der Waals surface area contributed by atoms with Crippen LogP contribution in [-0.4, -0.2) is 18.5 Å². The molecule has 0 bridgehead atoms. The van der Waals surface area contributed by atoms with Gasteiger partial charge in [0.15, 0.2) is 0 Å². The molecular formula is C13H20N2O2. The van der Waals surface area contributed by atoms with Crippen LogP contribution in [0.4, 0.5) is 0 Å². The minimum Gasteiger partial charge on any atom is -0.469 e. The molecule has 17 heavy (non-hydrogen) atoms. The van der Waals surface area contributed by atoms with Crippen LogP contribution < -0.4 is 11.1 Å². The van der Waals surface area contributed by atoms with Crippen molar-refractivity contribution < 1.29 is 9.21 Å². The van der Waals surface area contributed by atoms with Gasteiger partial charge in [0.1, 0.15) is 5.76 Å². The Bertz CT molecular complexity index is 348. The fraction of sp³-hybridized carbons (Fsp3) is 0.615. The molecule has 1 fully saturated rings. The van der Waals surface area contributed by atoms with Crippen molar-refractivity contribution in [3.8, 4) is 0 Å². The lowest BCUT2D eigenvalue weighted by molar-refractivity contribution is -0.126. The number of hydrogen-bond donors (Lipinski definition) is 2. The maximum Gasteiger partial charge on any atom is 0.224 e. The summed E-state index contributed by atoms with van der Waals surface area (Å²) in [4.78, 5) is 11.9. The van der Waals surface area contributed by atoms with Gasteiger partial charge in [0.05, 0.1) is 12.2 Å². The van der Waals surface area contributed by atoms with E-state index in [2.05, 4.69) is 5.32 Å². The Kier molecular flexibility index (Phi) is 4.20. The Labute approximate surface area is 102 Å². The van der Waals surface area contributed by atoms with E-state index in [1.807, 2.05) is 12.1 Å². The lowest BCUT2D eigenvalue weighted by Crippen LogP contribution is -2.44. The zero-order valence-corrected chi connectivity index (χ0v) is 10.0. The smallest absolute Gasteiger partial charge is 0.224 e. The molecule has 1 aromatic rings. The van der Waals surface area contributed by atoms with Crippen LogP contribution in [0, 0.1) is 5.92 Å². The van der Waals surface area contributed by atoms with Gasteiger partial charge in [0.25, 0.3) is 0 Å². The summed E-state index contributed by atoms with van der Waals surface area (Å²) in [5.41, 5.74) is 5.97. The Morgan fingerprint density at radius 3 is 3.00 bits per heavy atom. The fourth-order valence-electron chi connectivity index (χ4n) is 2.38. The molecule has 0 aromatic carbocycles. The van der Waals surface area contributed by atoms with E-state index in [0.29, 0.717) is 6.54 Å². The predicted molar refractivity (Wildman–Crippen MR) is 65.4 cm³/mol. The van der Waals surface area contributed by atoms with E-state index < -0.39 is 0 Å². The molecule has 0 aliphatic heterocycles. The molecule has 1 aromatic heterocycles. The Balaban J connectivity index is 1.73. The van der Waals surface area contributed by atoms with E-state index in [1.54, 1.807) is 6.26 Å². The SMILES string of the molecule is NC1CCCCC1C(=O)NCCc1ccco1. The Morgan fingerprint density at radius 2 is 2.29 bits per heavy atom. The van der Waals surface area contributed by atoms with Gasteiger partial charge >= 0.3 is 0 Å². The number of carbonyl (C=O) groups is 1. The van der Waals surface area contributed by atoms with Crippen molar-refractivity contribution in [3.63, 3.8) is 0 Å². The third-order valence-electron chi connectivity index (χ3n) is 3.41. The molecule has 1 aliphatic rings. The van der Waals surface area contributed by atoms with Gasteiger partial charge in [-0.2, -0.15) is 0 Å². The van der Waals surface area contributed by atoms with Crippen LogP contribution in [0.2, 0.25) is 0 Å². The first-order chi connectivity index (χ1) is 8.27. The molecule has 2 rings (SSSR count). The average Bonchev–Trinajstić information content (AvgIpc) is 2.82. The minimum absolute atomic E-state index is 0.000325. The lowest BCUT2D eigenvalue weighted by Gasteiger charge is -2.27. The molecule has 4 heteroatoms. The maximum atomic E-state index is 11.9. The highest BCUT2D eigenvalue weighted by atomic mass is 16.3. The van der Waals surface area contributed by atoms with Crippen molar-refractivity contribution in [1.82, 2.24) is 5.32 Å². The van der Waals surface area contributed by atoms with Crippen molar-refractivity contribution in [2.45, 2.75) is 38.1 Å². The molecule has 2 unspecified atom stereocenters. The van der Waals surface area contributed by atoms with Crippen LogP contribution >= 0.6 is 0 Å². The second kappa shape index (κ2) is 5.87. The van der Waals surface area contributed by atoms with Gasteiger partial charge in [-0.15, -0.1) is 0 Å². The van der Waals surface area contributed by atoms with Gasteiger partial charge in [-0.3, -0.25) is 4.79 Å². The third-order valence-corrected chi connectivity index (χ3v) is 3.41. The van der Waals surface area contributed by atoms with Gasteiger partial charge in [0.2, 0.25) is 5.91 Å². The van der Waals surface area contributed by atoms with Crippen molar-refractivity contribution >= 4 is 5.91 Å². The van der Waals surface area contributed by atoms with E-state index in [4.69, 9.17) is 10.2 Å². The van der Waals surface area contributed by atoms with E-state index in [-0.39, 0.29) is 17.9 Å². The number of rotatable bonds is 4. The molecular weight excluding hydrogens is 216 g/mol. The molecule has 2 atom stereocenters. The van der Waals surface area contributed by atoms with Crippen LogP contribution in [-0.2, 0) is 11.2 Å². The van der Waals surface area contributed by atoms with Gasteiger partial charge < -0.3 is 15.5 Å². The zero-order chi connectivity index (χ0) is 12.1. The molecule has 4 nitrogen and oxygen atoms in total. The van der Waals surface area contributed by atoms with E-state index in [9.17, 15) is 4.79 Å². The van der Waals surface area contributed by atoms with E-state index >= 15 is 0 Å². The Hall–Kier alpha value is -1.29. The predicted octanol–water partition coefficient (Wildman–Crippen LogP) is 1.46. The maximum absolute atomic E-state index is 11.9. The average molecular weight is 236 g/mol. The molecule has 1 aliphatic carbocycles. The van der Waals surface area contributed by atoms with Crippen molar-refractivity contribution in [3.05, 3.63) is 24.2 Å². The Morgan fingerprint density at radius 1 is 1.47 bits per heavy atom. The van der Waals surface area contributed by atoms with Crippen LogP contribution in [0.15, 0.2) is 22.8 Å². The molecule has 3 N–H and O–H groups in total. The standard InChI is InChI=1S/C13H20N2O2/c14-12-6-2-1-5-11(12)13(16)15-8-7-10-4-3-9-17-10/h3-4,9,11-12H,1-2,5-8,14H2,(H,15,16). The van der Waals surface area contributed by atoms with E-state index in [0.717, 1.165) is 37.9 Å². The highest BCUT2D eigenvalue weighted by Crippen LogP contribution is 2.22. The third kappa shape index (κ3) is 3.33. The summed E-state index contributed by atoms with van der Waals surface area (Å²) >= 11 is 0. The number of amides is 1. The van der Waals surface area contributed by atoms with Crippen LogP contribution in [0.5, 0.6) is 0 Å². The van der Waals surface area contributed by atoms with Crippen molar-refractivity contribution in [2.75, 3.05) is 6.54 Å². The molecule has 1 saturated carbocycles. The summed E-state index contributed by atoms with van der Waals surface area (Å²) in [6.45, 7) is 0.621. The number of hydrogen-bond acceptors (Lipinski definition) is 3. The number of nitrogens with one attached hydrogen (secondary N) is 1. The van der Waals surface area contributed by atoms with Crippen molar-refractivity contribution in [2.24, 2.45) is 11.7 Å². The molecule has 0 radical (unpaired) electrons. The molecule has 94 valence electrons. The minimum atomic E-state index is 0.000325. The number of carbonyl (C=O) groups excluding carboxylic acids is 1. The van der Waals surface area contributed by atoms with E-state index in [1.165, 1.54) is 0 Å². The summed E-state index contributed by atoms with van der Waals surface area (Å²) in [5.74, 6) is 1.00. The summed E-state index contributed by atoms with van der Waals surface area (Å²) in [6.07, 6.45) is 6.54. The highest BCUT2D eigenvalue weighted by Gasteiger charge is 2.27. The van der Waals surface area contributed by atoms with Crippen LogP contribution in [0.1, 0.15) is 31.4 Å². The quantitative estimate of drug-likeness (QED) is 0.831. The second-order valence-electron chi connectivity index (χ2n) is 4.68. The lowest BCUT2D eigenvalue weighted by atomic mass is 9.84. The number of nitrogens with two attached hydrogens (primary N) is 1. The molecule has 1 heterocycles. The number of furan rings is 1. The second-order valence-corrected chi connectivity index (χ2v) is 4.68. The zero-order valence-electron chi connectivity index (χ0n) is 10.0. The topological polar surface area (TPSA) is 68.3 Å². The van der Waals surface area contributed by atoms with Crippen LogP contribution in [0.3, 0.4) is 0 Å². The van der Waals surface area contributed by atoms with Gasteiger partial charge in [-0.25, -0.2) is 0 Å². The van der Waals surface area contributed by atoms with Gasteiger partial charge in [0, 0.05) is 19.0 Å². The van der Waals surface area contributed by atoms with Crippen molar-refractivity contribution in [1.29, 1.82) is 0 Å². The van der Waals surface area contributed by atoms with Crippen LogP contribution in [0.25, 0.3) is 0 Å². The highest BCUT2D eigenvalue weighted by molar-refractivity contribution is 5.79. The fourth-order valence-corrected chi connectivity index (χ4v) is 2.38. The summed E-state index contributed by atoms with van der Waals surface area (Å²) in [6, 6.07) is 3.81. The molecule has 1 amide bonds. The normalized spacial score (nSPS) is 24.5. The first kappa shape index (κ1) is 12.2. The summed E-state index contributed by atoms with van der Waals surface area (Å²) in [5, 5.41) is 2.94.